The third-order valence-corrected chi connectivity index (χ3v) is 8.12. The van der Waals surface area contributed by atoms with E-state index in [2.05, 4.69) is 11.9 Å². The average molecular weight is 687 g/mol. The number of carbonyl (C=O) groups is 5. The average Bonchev–Trinajstić information content (AvgIpc) is 3.09. The van der Waals surface area contributed by atoms with Gasteiger partial charge >= 0.3 is 11.9 Å². The highest BCUT2D eigenvalue weighted by molar-refractivity contribution is 6.38. The lowest BCUT2D eigenvalue weighted by Gasteiger charge is -2.36. The van der Waals surface area contributed by atoms with Crippen molar-refractivity contribution in [2.45, 2.75) is 58.1 Å². The van der Waals surface area contributed by atoms with E-state index in [0.717, 1.165) is 11.6 Å². The zero-order valence-corrected chi connectivity index (χ0v) is 28.7. The molecule has 260 valence electrons. The lowest BCUT2D eigenvalue weighted by atomic mass is 9.87. The summed E-state index contributed by atoms with van der Waals surface area (Å²) in [7, 11) is 4.57. The number of hydrogen-bond acceptors (Lipinski definition) is 10. The predicted octanol–water partition coefficient (Wildman–Crippen LogP) is 4.40. The van der Waals surface area contributed by atoms with Crippen LogP contribution in [0.5, 0.6) is 17.2 Å². The number of nitrogens with one attached hydrogen (secondary N) is 1. The molecule has 2 aromatic rings. The van der Waals surface area contributed by atoms with Crippen LogP contribution >= 0.6 is 11.6 Å². The van der Waals surface area contributed by atoms with E-state index < -0.39 is 41.2 Å². The SMILES string of the molecule is C=CC(=O)OCC(C)(C)C(=O)C(=O)N1CCCC[C@H]1C(=O)O[C@H](CCc1ccc(OC)c(OC)c1)c1cc(Cl)cc(OCC(=O)NC)c1. The van der Waals surface area contributed by atoms with Crippen LogP contribution in [0.1, 0.15) is 56.8 Å². The Bertz CT molecular complexity index is 1510. The summed E-state index contributed by atoms with van der Waals surface area (Å²) in [6.45, 7) is 5.93. The summed E-state index contributed by atoms with van der Waals surface area (Å²) in [5.41, 5.74) is 0.0552. The molecule has 3 rings (SSSR count). The number of halogens is 1. The van der Waals surface area contributed by atoms with Gasteiger partial charge in [0, 0.05) is 24.7 Å². The van der Waals surface area contributed by atoms with Crippen molar-refractivity contribution in [3.63, 3.8) is 0 Å². The highest BCUT2D eigenvalue weighted by Gasteiger charge is 2.42. The number of ether oxygens (including phenoxy) is 5. The summed E-state index contributed by atoms with van der Waals surface area (Å²) in [5, 5.41) is 2.78. The molecule has 0 aromatic heterocycles. The smallest absolute Gasteiger partial charge is 0.330 e. The van der Waals surface area contributed by atoms with Crippen LogP contribution in [0.3, 0.4) is 0 Å². The first-order chi connectivity index (χ1) is 22.8. The Labute approximate surface area is 285 Å². The zero-order chi connectivity index (χ0) is 35.4. The van der Waals surface area contributed by atoms with E-state index in [1.807, 2.05) is 12.1 Å². The minimum atomic E-state index is -1.34. The van der Waals surface area contributed by atoms with Crippen LogP contribution in [0.4, 0.5) is 0 Å². The molecule has 12 nitrogen and oxygen atoms in total. The fourth-order valence-corrected chi connectivity index (χ4v) is 5.37. The number of ketones is 1. The fourth-order valence-electron chi connectivity index (χ4n) is 5.14. The first kappa shape index (κ1) is 37.9. The first-order valence-electron chi connectivity index (χ1n) is 15.5. The Morgan fingerprint density at radius 3 is 2.46 bits per heavy atom. The number of carbonyl (C=O) groups excluding carboxylic acids is 5. The molecule has 48 heavy (non-hydrogen) atoms. The Hall–Kier alpha value is -4.58. The van der Waals surface area contributed by atoms with Gasteiger partial charge in [0.2, 0.25) is 5.78 Å². The molecule has 1 saturated heterocycles. The van der Waals surface area contributed by atoms with Gasteiger partial charge in [-0.3, -0.25) is 14.4 Å². The van der Waals surface area contributed by atoms with E-state index >= 15 is 0 Å². The molecular formula is C35H43ClN2O10. The number of piperidine rings is 1. The second-order valence-electron chi connectivity index (χ2n) is 11.9. The molecule has 2 amide bonds. The molecule has 1 heterocycles. The lowest BCUT2D eigenvalue weighted by molar-refractivity contribution is -0.165. The molecule has 0 bridgehead atoms. The molecule has 1 aliphatic rings. The third kappa shape index (κ3) is 10.2. The maximum atomic E-state index is 13.9. The number of amides is 2. The number of hydrogen-bond donors (Lipinski definition) is 1. The van der Waals surface area contributed by atoms with E-state index in [1.54, 1.807) is 31.4 Å². The number of methoxy groups -OCH3 is 2. The molecule has 0 radical (unpaired) electrons. The highest BCUT2D eigenvalue weighted by Crippen LogP contribution is 2.34. The van der Waals surface area contributed by atoms with Crippen molar-refractivity contribution in [2.75, 3.05) is 41.0 Å². The van der Waals surface area contributed by atoms with Gasteiger partial charge < -0.3 is 33.9 Å². The van der Waals surface area contributed by atoms with Crippen molar-refractivity contribution in [3.8, 4) is 17.2 Å². The molecule has 1 fully saturated rings. The van der Waals surface area contributed by atoms with Crippen LogP contribution in [0.2, 0.25) is 5.02 Å². The Kier molecular flexibility index (Phi) is 13.8. The van der Waals surface area contributed by atoms with E-state index in [9.17, 15) is 24.0 Å². The van der Waals surface area contributed by atoms with Gasteiger partial charge in [0.15, 0.2) is 18.1 Å². The van der Waals surface area contributed by atoms with Gasteiger partial charge in [-0.25, -0.2) is 9.59 Å². The maximum Gasteiger partial charge on any atom is 0.330 e. The summed E-state index contributed by atoms with van der Waals surface area (Å²) in [6.07, 6.45) is 2.40. The van der Waals surface area contributed by atoms with Gasteiger partial charge in [-0.1, -0.05) is 24.2 Å². The lowest BCUT2D eigenvalue weighted by Crippen LogP contribution is -2.53. The summed E-state index contributed by atoms with van der Waals surface area (Å²) in [4.78, 5) is 65.3. The Morgan fingerprint density at radius 2 is 1.79 bits per heavy atom. The number of benzene rings is 2. The van der Waals surface area contributed by atoms with Crippen molar-refractivity contribution < 1.29 is 47.7 Å². The van der Waals surface area contributed by atoms with Crippen LogP contribution in [-0.2, 0) is 39.9 Å². The van der Waals surface area contributed by atoms with E-state index in [0.29, 0.717) is 59.9 Å². The van der Waals surface area contributed by atoms with Gasteiger partial charge in [-0.2, -0.15) is 0 Å². The minimum Gasteiger partial charge on any atom is -0.493 e. The van der Waals surface area contributed by atoms with E-state index in [-0.39, 0.29) is 25.7 Å². The normalized spacial score (nSPS) is 15.0. The first-order valence-corrected chi connectivity index (χ1v) is 15.9. The standard InChI is InChI=1S/C35H43ClN2O10/c1-7-31(40)47-21-35(2,3)32(41)33(42)38-15-9-8-10-26(38)34(43)48-27(13-11-22-12-14-28(44-5)29(16-22)45-6)23-17-24(36)19-25(18-23)46-20-30(39)37-4/h7,12,14,16-19,26-27H,1,8-11,13,15,20-21H2,2-6H3,(H,37,39)/t26-,27+/m0/s1. The number of rotatable bonds is 16. The van der Waals surface area contributed by atoms with Crippen LogP contribution in [-0.4, -0.2) is 81.5 Å². The summed E-state index contributed by atoms with van der Waals surface area (Å²) in [6, 6.07) is 9.28. The minimum absolute atomic E-state index is 0.178. The second-order valence-corrected chi connectivity index (χ2v) is 12.3. The Balaban J connectivity index is 1.89. The number of likely N-dealkylation sites (tertiary alicyclic amines) is 1. The molecule has 0 spiro atoms. The number of Topliss-reactive ketones (excluding diaryl/α,β-unsaturated/α-hetero) is 1. The van der Waals surface area contributed by atoms with Crippen molar-refractivity contribution in [2.24, 2.45) is 5.41 Å². The second kappa shape index (κ2) is 17.5. The summed E-state index contributed by atoms with van der Waals surface area (Å²) >= 11 is 6.44. The molecule has 1 N–H and O–H groups in total. The van der Waals surface area contributed by atoms with E-state index in [4.69, 9.17) is 35.3 Å². The third-order valence-electron chi connectivity index (χ3n) is 7.90. The fraction of sp³-hybridized carbons (Fsp3) is 0.457. The van der Waals surface area contributed by atoms with Crippen LogP contribution in [0, 0.1) is 5.41 Å². The largest absolute Gasteiger partial charge is 0.493 e. The number of aryl methyl sites for hydroxylation is 1. The Morgan fingerprint density at radius 1 is 1.06 bits per heavy atom. The predicted molar refractivity (Wildman–Crippen MR) is 177 cm³/mol. The zero-order valence-electron chi connectivity index (χ0n) is 28.0. The molecule has 0 saturated carbocycles. The van der Waals surface area contributed by atoms with Gasteiger partial charge in [0.25, 0.3) is 11.8 Å². The van der Waals surface area contributed by atoms with Gasteiger partial charge in [0.1, 0.15) is 24.5 Å². The van der Waals surface area contributed by atoms with Gasteiger partial charge in [-0.05, 0) is 87.4 Å². The molecule has 0 aliphatic carbocycles. The monoisotopic (exact) mass is 686 g/mol. The molecule has 1 aliphatic heterocycles. The molecule has 2 atom stereocenters. The maximum absolute atomic E-state index is 13.9. The molecule has 13 heteroatoms. The van der Waals surface area contributed by atoms with Crippen LogP contribution in [0.25, 0.3) is 0 Å². The molecule has 2 aromatic carbocycles. The number of likely N-dealkylation sites (N-methyl/N-ethyl adjacent to an activating group) is 1. The molecular weight excluding hydrogens is 644 g/mol. The number of nitrogens with zero attached hydrogens (tertiary/aromatic N) is 1. The van der Waals surface area contributed by atoms with Crippen LogP contribution in [0.15, 0.2) is 49.1 Å². The van der Waals surface area contributed by atoms with Gasteiger partial charge in [-0.15, -0.1) is 0 Å². The highest BCUT2D eigenvalue weighted by atomic mass is 35.5. The van der Waals surface area contributed by atoms with Crippen molar-refractivity contribution >= 4 is 41.1 Å². The van der Waals surface area contributed by atoms with Crippen molar-refractivity contribution in [1.29, 1.82) is 0 Å². The van der Waals surface area contributed by atoms with Crippen molar-refractivity contribution in [1.82, 2.24) is 10.2 Å². The summed E-state index contributed by atoms with van der Waals surface area (Å²) < 4.78 is 27.6. The topological polar surface area (TPSA) is 147 Å². The quantitative estimate of drug-likeness (QED) is 0.153. The summed E-state index contributed by atoms with van der Waals surface area (Å²) in [5.74, 6) is -1.99. The van der Waals surface area contributed by atoms with Crippen molar-refractivity contribution in [3.05, 3.63) is 65.2 Å². The van der Waals surface area contributed by atoms with Crippen LogP contribution < -0.4 is 19.5 Å². The van der Waals surface area contributed by atoms with Gasteiger partial charge in [0.05, 0.1) is 19.6 Å². The molecule has 0 unspecified atom stereocenters. The van der Waals surface area contributed by atoms with E-state index in [1.165, 1.54) is 32.9 Å². The number of esters is 2.